The average molecular weight is 347 g/mol. The minimum Gasteiger partial charge on any atom is -0.497 e. The highest BCUT2D eigenvalue weighted by Gasteiger charge is 2.11. The highest BCUT2D eigenvalue weighted by Crippen LogP contribution is 2.19. The minimum atomic E-state index is -0.446. The van der Waals surface area contributed by atoms with E-state index in [-0.39, 0.29) is 34.7 Å². The summed E-state index contributed by atoms with van der Waals surface area (Å²) in [6, 6.07) is 6.96. The molecule has 0 fully saturated rings. The quantitative estimate of drug-likeness (QED) is 0.402. The first-order valence-electron chi connectivity index (χ1n) is 7.03. The Labute approximate surface area is 142 Å². The summed E-state index contributed by atoms with van der Waals surface area (Å²) in [6.07, 6.45) is 1.72. The molecule has 0 aliphatic carbocycles. The van der Waals surface area contributed by atoms with Gasteiger partial charge in [0.2, 0.25) is 11.8 Å². The SMILES string of the molecule is C=CCc1c(O)nc(SCC(=O)Nc2cccc(OC)c2)[nH]c1=O. The first-order valence-corrected chi connectivity index (χ1v) is 8.01. The van der Waals surface area contributed by atoms with Gasteiger partial charge in [-0.15, -0.1) is 6.58 Å². The average Bonchev–Trinajstić information content (AvgIpc) is 2.56. The lowest BCUT2D eigenvalue weighted by Crippen LogP contribution is -2.17. The molecule has 0 aliphatic heterocycles. The number of thioether (sulfide) groups is 1. The number of amides is 1. The topological polar surface area (TPSA) is 104 Å². The van der Waals surface area contributed by atoms with Crippen LogP contribution in [0.2, 0.25) is 0 Å². The summed E-state index contributed by atoms with van der Waals surface area (Å²) in [5.41, 5.74) is 0.305. The molecule has 0 saturated heterocycles. The fourth-order valence-electron chi connectivity index (χ4n) is 1.89. The molecule has 2 aromatic rings. The Morgan fingerprint density at radius 1 is 1.54 bits per heavy atom. The van der Waals surface area contributed by atoms with Gasteiger partial charge in [-0.25, -0.2) is 0 Å². The molecular weight excluding hydrogens is 330 g/mol. The lowest BCUT2D eigenvalue weighted by atomic mass is 10.2. The van der Waals surface area contributed by atoms with E-state index < -0.39 is 5.56 Å². The third kappa shape index (κ3) is 4.63. The van der Waals surface area contributed by atoms with Crippen LogP contribution >= 0.6 is 11.8 Å². The molecule has 3 N–H and O–H groups in total. The van der Waals surface area contributed by atoms with E-state index in [4.69, 9.17) is 4.74 Å². The van der Waals surface area contributed by atoms with Gasteiger partial charge in [-0.2, -0.15) is 4.98 Å². The van der Waals surface area contributed by atoms with Crippen LogP contribution in [0.15, 0.2) is 46.9 Å². The maximum atomic E-state index is 12.0. The van der Waals surface area contributed by atoms with Gasteiger partial charge in [0.05, 0.1) is 18.4 Å². The van der Waals surface area contributed by atoms with Crippen LogP contribution in [0.5, 0.6) is 11.6 Å². The molecule has 7 nitrogen and oxygen atoms in total. The van der Waals surface area contributed by atoms with E-state index in [0.717, 1.165) is 11.8 Å². The van der Waals surface area contributed by atoms with Gasteiger partial charge in [0.1, 0.15) is 5.75 Å². The Balaban J connectivity index is 1.98. The summed E-state index contributed by atoms with van der Waals surface area (Å²) in [6.45, 7) is 3.51. The molecule has 0 unspecified atom stereocenters. The number of nitrogens with zero attached hydrogens (tertiary/aromatic N) is 1. The predicted molar refractivity (Wildman–Crippen MR) is 92.8 cm³/mol. The second kappa shape index (κ2) is 8.21. The molecule has 0 radical (unpaired) electrons. The Morgan fingerprint density at radius 3 is 3.00 bits per heavy atom. The summed E-state index contributed by atoms with van der Waals surface area (Å²) in [5.74, 6) is 0.0366. The van der Waals surface area contributed by atoms with Crippen molar-refractivity contribution in [2.75, 3.05) is 18.2 Å². The van der Waals surface area contributed by atoms with Crippen LogP contribution in [0.1, 0.15) is 5.56 Å². The smallest absolute Gasteiger partial charge is 0.258 e. The van der Waals surface area contributed by atoms with Crippen LogP contribution in [0.4, 0.5) is 5.69 Å². The standard InChI is InChI=1S/C16H17N3O4S/c1-3-5-12-14(21)18-16(19-15(12)22)24-9-13(20)17-10-6-4-7-11(8-10)23-2/h3-4,6-8H,1,5,9H2,2H3,(H,17,20)(H2,18,19,21,22). The fourth-order valence-corrected chi connectivity index (χ4v) is 2.55. The number of hydrogen-bond acceptors (Lipinski definition) is 6. The number of methoxy groups -OCH3 is 1. The number of nitrogens with one attached hydrogen (secondary N) is 2. The van der Waals surface area contributed by atoms with Crippen LogP contribution in [0, 0.1) is 0 Å². The third-order valence-electron chi connectivity index (χ3n) is 3.01. The van der Waals surface area contributed by atoms with Crippen molar-refractivity contribution in [1.82, 2.24) is 9.97 Å². The van der Waals surface area contributed by atoms with Crippen molar-refractivity contribution in [2.45, 2.75) is 11.6 Å². The maximum Gasteiger partial charge on any atom is 0.258 e. The Bertz CT molecular complexity index is 804. The molecule has 0 spiro atoms. The zero-order valence-corrected chi connectivity index (χ0v) is 13.9. The number of carbonyl (C=O) groups is 1. The number of aromatic nitrogens is 2. The molecule has 1 amide bonds. The second-order valence-electron chi connectivity index (χ2n) is 4.73. The van der Waals surface area contributed by atoms with Gasteiger partial charge < -0.3 is 20.1 Å². The van der Waals surface area contributed by atoms with E-state index in [1.165, 1.54) is 6.08 Å². The van der Waals surface area contributed by atoms with Crippen molar-refractivity contribution >= 4 is 23.4 Å². The zero-order valence-electron chi connectivity index (χ0n) is 13.0. The summed E-state index contributed by atoms with van der Waals surface area (Å²) in [4.78, 5) is 30.2. The number of aromatic amines is 1. The molecule has 8 heteroatoms. The van der Waals surface area contributed by atoms with Gasteiger partial charge in [0.15, 0.2) is 5.16 Å². The molecular formula is C16H17N3O4S. The summed E-state index contributed by atoms with van der Waals surface area (Å²) >= 11 is 1.02. The van der Waals surface area contributed by atoms with Gasteiger partial charge in [-0.1, -0.05) is 23.9 Å². The number of aromatic hydroxyl groups is 1. The van der Waals surface area contributed by atoms with Crippen molar-refractivity contribution < 1.29 is 14.6 Å². The van der Waals surface area contributed by atoms with E-state index in [0.29, 0.717) is 11.4 Å². The number of carbonyl (C=O) groups excluding carboxylic acids is 1. The highest BCUT2D eigenvalue weighted by molar-refractivity contribution is 7.99. The molecule has 126 valence electrons. The van der Waals surface area contributed by atoms with Gasteiger partial charge in [-0.3, -0.25) is 9.59 Å². The second-order valence-corrected chi connectivity index (χ2v) is 5.70. The largest absolute Gasteiger partial charge is 0.497 e. The zero-order chi connectivity index (χ0) is 17.5. The van der Waals surface area contributed by atoms with Gasteiger partial charge in [-0.05, 0) is 12.1 Å². The van der Waals surface area contributed by atoms with Crippen molar-refractivity contribution in [1.29, 1.82) is 0 Å². The first kappa shape index (κ1) is 17.6. The minimum absolute atomic E-state index is 0.0282. The number of benzene rings is 1. The highest BCUT2D eigenvalue weighted by atomic mass is 32.2. The van der Waals surface area contributed by atoms with Crippen molar-refractivity contribution in [3.8, 4) is 11.6 Å². The maximum absolute atomic E-state index is 12.0. The number of H-pyrrole nitrogens is 1. The van der Waals surface area contributed by atoms with E-state index in [2.05, 4.69) is 21.9 Å². The summed E-state index contributed by atoms with van der Waals surface area (Å²) < 4.78 is 5.08. The van der Waals surface area contributed by atoms with E-state index >= 15 is 0 Å². The van der Waals surface area contributed by atoms with Crippen molar-refractivity contribution in [3.05, 3.63) is 52.8 Å². The number of anilines is 1. The van der Waals surface area contributed by atoms with Gasteiger partial charge >= 0.3 is 0 Å². The Hall–Kier alpha value is -2.74. The normalized spacial score (nSPS) is 10.2. The van der Waals surface area contributed by atoms with Crippen LogP contribution in [0.3, 0.4) is 0 Å². The summed E-state index contributed by atoms with van der Waals surface area (Å²) in [5, 5.41) is 12.6. The Morgan fingerprint density at radius 2 is 2.33 bits per heavy atom. The summed E-state index contributed by atoms with van der Waals surface area (Å²) in [7, 11) is 1.54. The number of rotatable bonds is 7. The lowest BCUT2D eigenvalue weighted by molar-refractivity contribution is -0.113. The van der Waals surface area contributed by atoms with E-state index in [1.807, 2.05) is 0 Å². The van der Waals surface area contributed by atoms with Gasteiger partial charge in [0, 0.05) is 18.2 Å². The van der Waals surface area contributed by atoms with Crippen molar-refractivity contribution in [2.24, 2.45) is 0 Å². The van der Waals surface area contributed by atoms with Crippen molar-refractivity contribution in [3.63, 3.8) is 0 Å². The number of ether oxygens (including phenoxy) is 1. The number of hydrogen-bond donors (Lipinski definition) is 3. The van der Waals surface area contributed by atoms with Crippen LogP contribution in [-0.4, -0.2) is 33.8 Å². The molecule has 0 atom stereocenters. The van der Waals surface area contributed by atoms with Crippen LogP contribution in [0.25, 0.3) is 0 Å². The molecule has 1 aromatic heterocycles. The molecule has 1 aromatic carbocycles. The Kier molecular flexibility index (Phi) is 6.02. The third-order valence-corrected chi connectivity index (χ3v) is 3.89. The predicted octanol–water partition coefficient (Wildman–Crippen LogP) is 1.94. The number of allylic oxidation sites excluding steroid dienone is 1. The monoisotopic (exact) mass is 347 g/mol. The van der Waals surface area contributed by atoms with E-state index in [9.17, 15) is 14.7 Å². The van der Waals surface area contributed by atoms with Crippen LogP contribution < -0.4 is 15.6 Å². The fraction of sp³-hybridized carbons (Fsp3) is 0.188. The lowest BCUT2D eigenvalue weighted by Gasteiger charge is -2.07. The molecule has 1 heterocycles. The molecule has 0 saturated carbocycles. The van der Waals surface area contributed by atoms with Gasteiger partial charge in [0.25, 0.3) is 5.56 Å². The van der Waals surface area contributed by atoms with Crippen LogP contribution in [-0.2, 0) is 11.2 Å². The molecule has 0 bridgehead atoms. The molecule has 24 heavy (non-hydrogen) atoms. The van der Waals surface area contributed by atoms with E-state index in [1.54, 1.807) is 31.4 Å². The first-order chi connectivity index (χ1) is 11.5. The molecule has 2 rings (SSSR count). The molecule has 0 aliphatic rings.